The maximum Gasteiger partial charge on any atom is 0.332 e. The number of hydrogen-bond donors (Lipinski definition) is 1. The molecule has 0 aromatic carbocycles. The Hall–Kier alpha value is -1.14. The minimum absolute atomic E-state index is 0.116. The first kappa shape index (κ1) is 13.3. The van der Waals surface area contributed by atoms with Gasteiger partial charge in [0.05, 0.1) is 12.2 Å². The van der Waals surface area contributed by atoms with Crippen molar-refractivity contribution in [1.29, 1.82) is 0 Å². The largest absolute Gasteiger partial charge is 0.479 e. The van der Waals surface area contributed by atoms with Crippen molar-refractivity contribution in [2.75, 3.05) is 19.7 Å². The van der Waals surface area contributed by atoms with E-state index in [-0.39, 0.29) is 11.5 Å². The van der Waals surface area contributed by atoms with Crippen molar-refractivity contribution in [2.45, 2.75) is 44.5 Å². The van der Waals surface area contributed by atoms with Crippen LogP contribution in [0.2, 0.25) is 0 Å². The van der Waals surface area contributed by atoms with E-state index in [9.17, 15) is 9.59 Å². The first-order chi connectivity index (χ1) is 8.39. The highest BCUT2D eigenvalue weighted by Crippen LogP contribution is 2.24. The zero-order valence-corrected chi connectivity index (χ0v) is 10.7. The van der Waals surface area contributed by atoms with Crippen LogP contribution in [0.4, 0.5) is 0 Å². The van der Waals surface area contributed by atoms with Crippen molar-refractivity contribution in [2.24, 2.45) is 0 Å². The second kappa shape index (κ2) is 4.85. The van der Waals surface area contributed by atoms with Gasteiger partial charge in [-0.15, -0.1) is 0 Å². The van der Waals surface area contributed by atoms with Gasteiger partial charge in [-0.05, 0) is 26.7 Å². The molecule has 18 heavy (non-hydrogen) atoms. The fourth-order valence-electron chi connectivity index (χ4n) is 2.41. The highest BCUT2D eigenvalue weighted by molar-refractivity contribution is 5.82. The zero-order valence-electron chi connectivity index (χ0n) is 10.7. The highest BCUT2D eigenvalue weighted by Gasteiger charge is 2.39. The second-order valence-electron chi connectivity index (χ2n) is 5.40. The van der Waals surface area contributed by atoms with Crippen LogP contribution in [0, 0.1) is 0 Å². The van der Waals surface area contributed by atoms with Crippen LogP contribution in [0.15, 0.2) is 0 Å². The topological polar surface area (TPSA) is 76.1 Å². The summed E-state index contributed by atoms with van der Waals surface area (Å²) in [6.07, 6.45) is -0.569. The van der Waals surface area contributed by atoms with E-state index >= 15 is 0 Å². The number of carbonyl (C=O) groups excluding carboxylic acids is 1. The number of morpholine rings is 1. The molecule has 1 N–H and O–H groups in total. The quantitative estimate of drug-likeness (QED) is 0.767. The Kier molecular flexibility index (Phi) is 3.59. The third kappa shape index (κ3) is 2.81. The van der Waals surface area contributed by atoms with Crippen LogP contribution < -0.4 is 0 Å². The molecule has 0 bridgehead atoms. The van der Waals surface area contributed by atoms with E-state index in [0.717, 1.165) is 0 Å². The summed E-state index contributed by atoms with van der Waals surface area (Å²) in [4.78, 5) is 24.7. The van der Waals surface area contributed by atoms with E-state index in [1.807, 2.05) is 13.8 Å². The molecule has 2 aliphatic rings. The standard InChI is InChI=1S/C12H19NO5/c1-12(2)7-13(5-6-17-12)10(14)8-3-4-9(18-8)11(15)16/h8-9H,3-7H2,1-2H3,(H,15,16). The van der Waals surface area contributed by atoms with Crippen molar-refractivity contribution < 1.29 is 24.2 Å². The zero-order chi connectivity index (χ0) is 13.3. The molecule has 2 fully saturated rings. The Labute approximate surface area is 106 Å². The van der Waals surface area contributed by atoms with E-state index < -0.39 is 18.2 Å². The van der Waals surface area contributed by atoms with E-state index in [1.54, 1.807) is 4.90 Å². The van der Waals surface area contributed by atoms with Crippen LogP contribution in [0.1, 0.15) is 26.7 Å². The van der Waals surface area contributed by atoms with Crippen LogP contribution in [-0.4, -0.2) is 59.4 Å². The third-order valence-electron chi connectivity index (χ3n) is 3.31. The summed E-state index contributed by atoms with van der Waals surface area (Å²) < 4.78 is 10.8. The average molecular weight is 257 g/mol. The number of carbonyl (C=O) groups is 2. The molecule has 0 spiro atoms. The summed E-state index contributed by atoms with van der Waals surface area (Å²) in [6.45, 7) is 5.43. The van der Waals surface area contributed by atoms with Gasteiger partial charge in [0.2, 0.25) is 0 Å². The molecule has 2 saturated heterocycles. The van der Waals surface area contributed by atoms with Gasteiger partial charge in [-0.1, -0.05) is 0 Å². The third-order valence-corrected chi connectivity index (χ3v) is 3.31. The first-order valence-electron chi connectivity index (χ1n) is 6.20. The summed E-state index contributed by atoms with van der Waals surface area (Å²) in [5.74, 6) is -1.11. The second-order valence-corrected chi connectivity index (χ2v) is 5.40. The molecule has 0 aromatic rings. The summed E-state index contributed by atoms with van der Waals surface area (Å²) in [5, 5.41) is 8.84. The molecule has 2 rings (SSSR count). The molecule has 0 radical (unpaired) electrons. The van der Waals surface area contributed by atoms with Gasteiger partial charge in [0, 0.05) is 13.1 Å². The van der Waals surface area contributed by atoms with Gasteiger partial charge in [0.1, 0.15) is 6.10 Å². The Balaban J connectivity index is 1.94. The normalized spacial score (nSPS) is 31.3. The van der Waals surface area contributed by atoms with Crippen molar-refractivity contribution in [1.82, 2.24) is 4.90 Å². The first-order valence-corrected chi connectivity index (χ1v) is 6.20. The maximum absolute atomic E-state index is 12.2. The molecule has 0 aliphatic carbocycles. The van der Waals surface area contributed by atoms with Crippen LogP contribution in [0.25, 0.3) is 0 Å². The molecule has 2 atom stereocenters. The average Bonchev–Trinajstić information content (AvgIpc) is 2.76. The molecule has 0 aromatic heterocycles. The number of ether oxygens (including phenoxy) is 2. The van der Waals surface area contributed by atoms with Crippen molar-refractivity contribution in [3.8, 4) is 0 Å². The fourth-order valence-corrected chi connectivity index (χ4v) is 2.41. The lowest BCUT2D eigenvalue weighted by atomic mass is 10.1. The molecule has 102 valence electrons. The highest BCUT2D eigenvalue weighted by atomic mass is 16.5. The Morgan fingerprint density at radius 3 is 2.50 bits per heavy atom. The minimum atomic E-state index is -0.993. The van der Waals surface area contributed by atoms with Crippen molar-refractivity contribution in [3.05, 3.63) is 0 Å². The van der Waals surface area contributed by atoms with Gasteiger partial charge in [0.25, 0.3) is 5.91 Å². The summed E-state index contributed by atoms with van der Waals surface area (Å²) in [5.41, 5.74) is -0.348. The monoisotopic (exact) mass is 257 g/mol. The van der Waals surface area contributed by atoms with Gasteiger partial charge >= 0.3 is 5.97 Å². The molecule has 1 amide bonds. The van der Waals surface area contributed by atoms with Gasteiger partial charge in [0.15, 0.2) is 6.10 Å². The smallest absolute Gasteiger partial charge is 0.332 e. The summed E-state index contributed by atoms with van der Waals surface area (Å²) in [6, 6.07) is 0. The maximum atomic E-state index is 12.2. The van der Waals surface area contributed by atoms with Crippen LogP contribution in [0.3, 0.4) is 0 Å². The van der Waals surface area contributed by atoms with Gasteiger partial charge < -0.3 is 19.5 Å². The van der Waals surface area contributed by atoms with E-state index in [4.69, 9.17) is 14.6 Å². The minimum Gasteiger partial charge on any atom is -0.479 e. The van der Waals surface area contributed by atoms with Gasteiger partial charge in [-0.3, -0.25) is 4.79 Å². The lowest BCUT2D eigenvalue weighted by molar-refractivity contribution is -0.161. The molecule has 2 heterocycles. The molecular formula is C12H19NO5. The Morgan fingerprint density at radius 1 is 1.28 bits per heavy atom. The summed E-state index contributed by atoms with van der Waals surface area (Å²) >= 11 is 0. The number of carboxylic acid groups (broad SMARTS) is 1. The summed E-state index contributed by atoms with van der Waals surface area (Å²) in [7, 11) is 0. The van der Waals surface area contributed by atoms with E-state index in [2.05, 4.69) is 0 Å². The Morgan fingerprint density at radius 2 is 1.94 bits per heavy atom. The number of nitrogens with zero attached hydrogens (tertiary/aromatic N) is 1. The van der Waals surface area contributed by atoms with Gasteiger partial charge in [-0.25, -0.2) is 4.79 Å². The van der Waals surface area contributed by atoms with E-state index in [1.165, 1.54) is 0 Å². The number of carboxylic acids is 1. The van der Waals surface area contributed by atoms with Crippen LogP contribution in [-0.2, 0) is 19.1 Å². The van der Waals surface area contributed by atoms with E-state index in [0.29, 0.717) is 32.5 Å². The SMILES string of the molecule is CC1(C)CN(C(=O)C2CCC(C(=O)O)O2)CCO1. The molecular weight excluding hydrogens is 238 g/mol. The predicted molar refractivity (Wildman–Crippen MR) is 62.1 cm³/mol. The lowest BCUT2D eigenvalue weighted by Gasteiger charge is -2.39. The van der Waals surface area contributed by atoms with Crippen LogP contribution in [0.5, 0.6) is 0 Å². The fraction of sp³-hybridized carbons (Fsp3) is 0.833. The lowest BCUT2D eigenvalue weighted by Crippen LogP contribution is -2.53. The Bertz CT molecular complexity index is 354. The van der Waals surface area contributed by atoms with Crippen molar-refractivity contribution >= 4 is 11.9 Å². The van der Waals surface area contributed by atoms with Gasteiger partial charge in [-0.2, -0.15) is 0 Å². The number of aliphatic carboxylic acids is 1. The van der Waals surface area contributed by atoms with Crippen LogP contribution >= 0.6 is 0 Å². The molecule has 6 heteroatoms. The molecule has 2 unspecified atom stereocenters. The number of hydrogen-bond acceptors (Lipinski definition) is 4. The van der Waals surface area contributed by atoms with Crippen molar-refractivity contribution in [3.63, 3.8) is 0 Å². The molecule has 6 nitrogen and oxygen atoms in total. The molecule has 0 saturated carbocycles. The molecule has 2 aliphatic heterocycles. The predicted octanol–water partition coefficient (Wildman–Crippen LogP) is 0.256. The number of rotatable bonds is 2. The number of amides is 1.